The van der Waals surface area contributed by atoms with Gasteiger partial charge in [-0.3, -0.25) is 18.9 Å². The number of anilines is 2. The third-order valence-corrected chi connectivity index (χ3v) is 4.62. The summed E-state index contributed by atoms with van der Waals surface area (Å²) >= 11 is -2.14. The molecule has 0 radical (unpaired) electrons. The molecule has 1 aliphatic rings. The number of ether oxygens (including phenoxy) is 1. The van der Waals surface area contributed by atoms with Gasteiger partial charge in [-0.1, -0.05) is 12.8 Å². The number of nitrogens with one attached hydrogen (secondary N) is 2. The topological polar surface area (TPSA) is 105 Å². The highest BCUT2D eigenvalue weighted by Crippen LogP contribution is 2.30. The number of unbranched alkanes of at least 4 members (excludes halogenated alkanes) is 3. The summed E-state index contributed by atoms with van der Waals surface area (Å²) in [5.74, 6) is -0.199. The number of amides is 1. The summed E-state index contributed by atoms with van der Waals surface area (Å²) in [7, 11) is 1.39. The number of benzene rings is 1. The molecule has 1 heterocycles. The maximum absolute atomic E-state index is 11.6. The quantitative estimate of drug-likeness (QED) is 0.353. The molecule has 0 saturated heterocycles. The van der Waals surface area contributed by atoms with Crippen molar-refractivity contribution in [1.29, 1.82) is 0 Å². The van der Waals surface area contributed by atoms with Gasteiger partial charge in [0.05, 0.1) is 12.8 Å². The zero-order valence-corrected chi connectivity index (χ0v) is 15.1. The first-order valence-electron chi connectivity index (χ1n) is 8.39. The molecule has 7 nitrogen and oxygen atoms in total. The van der Waals surface area contributed by atoms with E-state index >= 15 is 0 Å². The number of methoxy groups -OCH3 is 1. The van der Waals surface area contributed by atoms with Gasteiger partial charge < -0.3 is 10.1 Å². The molecular weight excluding hydrogens is 344 g/mol. The molecule has 0 saturated carbocycles. The van der Waals surface area contributed by atoms with Crippen molar-refractivity contribution in [2.24, 2.45) is 0 Å². The smallest absolute Gasteiger partial charge is 0.305 e. The lowest BCUT2D eigenvalue weighted by molar-refractivity contribution is -0.140. The first kappa shape index (κ1) is 19.4. The van der Waals surface area contributed by atoms with Crippen LogP contribution in [0, 0.1) is 0 Å². The minimum absolute atomic E-state index is 0.00676. The first-order valence-corrected chi connectivity index (χ1v) is 9.50. The lowest BCUT2D eigenvalue weighted by Crippen LogP contribution is -2.19. The second-order valence-electron chi connectivity index (χ2n) is 6.06. The van der Waals surface area contributed by atoms with E-state index in [0.29, 0.717) is 24.9 Å². The zero-order chi connectivity index (χ0) is 18.2. The Hall–Kier alpha value is -1.93. The van der Waals surface area contributed by atoms with Crippen LogP contribution in [0.1, 0.15) is 49.7 Å². The van der Waals surface area contributed by atoms with Gasteiger partial charge in [-0.25, -0.2) is 4.21 Å². The standard InChI is InChI=1S/C17H24N2O5S/c1-24-17(21)7-5-3-2-4-6-12-10-14-13(8-9-16(20)18-14)11-15(12)19-25(22)23/h10-11,19H,2-9H2,1H3,(H,18,20)(H,22,23). The Kier molecular flexibility index (Phi) is 7.39. The minimum Gasteiger partial charge on any atom is -0.469 e. The van der Waals surface area contributed by atoms with Crippen molar-refractivity contribution < 1.29 is 23.1 Å². The summed E-state index contributed by atoms with van der Waals surface area (Å²) < 4.78 is 27.4. The van der Waals surface area contributed by atoms with E-state index in [2.05, 4.69) is 14.8 Å². The van der Waals surface area contributed by atoms with Gasteiger partial charge in [0.1, 0.15) is 0 Å². The fourth-order valence-corrected chi connectivity index (χ4v) is 3.29. The normalized spacial score (nSPS) is 14.4. The number of fused-ring (bicyclic) bond motifs is 1. The van der Waals surface area contributed by atoms with Crippen LogP contribution in [0.4, 0.5) is 11.4 Å². The van der Waals surface area contributed by atoms with Crippen molar-refractivity contribution in [3.8, 4) is 0 Å². The van der Waals surface area contributed by atoms with Gasteiger partial charge in [-0.15, -0.1) is 0 Å². The van der Waals surface area contributed by atoms with Crippen molar-refractivity contribution in [2.75, 3.05) is 17.1 Å². The average molecular weight is 368 g/mol. The van der Waals surface area contributed by atoms with Gasteiger partial charge in [-0.2, -0.15) is 0 Å². The summed E-state index contributed by atoms with van der Waals surface area (Å²) in [4.78, 5) is 22.6. The average Bonchev–Trinajstić information content (AvgIpc) is 2.57. The second kappa shape index (κ2) is 9.53. The lowest BCUT2D eigenvalue weighted by Gasteiger charge is -2.20. The number of hydrogen-bond donors (Lipinski definition) is 3. The zero-order valence-electron chi connectivity index (χ0n) is 14.3. The van der Waals surface area contributed by atoms with Crippen LogP contribution in [-0.4, -0.2) is 27.7 Å². The Labute approximate surface area is 149 Å². The van der Waals surface area contributed by atoms with Crippen LogP contribution >= 0.6 is 0 Å². The van der Waals surface area contributed by atoms with Crippen molar-refractivity contribution in [3.05, 3.63) is 23.3 Å². The molecule has 2 rings (SSSR count). The largest absolute Gasteiger partial charge is 0.469 e. The number of carbonyl (C=O) groups excluding carboxylic acids is 2. The molecule has 138 valence electrons. The Morgan fingerprint density at radius 2 is 2.04 bits per heavy atom. The molecule has 1 aliphatic heterocycles. The summed E-state index contributed by atoms with van der Waals surface area (Å²) in [6, 6.07) is 3.73. The van der Waals surface area contributed by atoms with Gasteiger partial charge in [-0.05, 0) is 48.9 Å². The van der Waals surface area contributed by atoms with Gasteiger partial charge >= 0.3 is 5.97 Å². The van der Waals surface area contributed by atoms with Crippen molar-refractivity contribution >= 4 is 34.5 Å². The van der Waals surface area contributed by atoms with Gasteiger partial charge in [0.15, 0.2) is 0 Å². The summed E-state index contributed by atoms with van der Waals surface area (Å²) in [5, 5.41) is 2.85. The minimum atomic E-state index is -2.14. The molecule has 1 amide bonds. The van der Waals surface area contributed by atoms with E-state index in [-0.39, 0.29) is 11.9 Å². The van der Waals surface area contributed by atoms with Gasteiger partial charge in [0.2, 0.25) is 5.91 Å². The predicted octanol–water partition coefficient (Wildman–Crippen LogP) is 2.79. The highest BCUT2D eigenvalue weighted by Gasteiger charge is 2.18. The molecule has 0 bridgehead atoms. The Morgan fingerprint density at radius 3 is 2.76 bits per heavy atom. The fourth-order valence-electron chi connectivity index (χ4n) is 2.91. The molecule has 3 N–H and O–H groups in total. The van der Waals surface area contributed by atoms with E-state index in [1.165, 1.54) is 7.11 Å². The monoisotopic (exact) mass is 368 g/mol. The maximum atomic E-state index is 11.6. The van der Waals surface area contributed by atoms with Crippen LogP contribution < -0.4 is 10.0 Å². The summed E-state index contributed by atoms with van der Waals surface area (Å²) in [6.45, 7) is 0. The van der Waals surface area contributed by atoms with Crippen molar-refractivity contribution in [1.82, 2.24) is 0 Å². The Balaban J connectivity index is 1.95. The molecule has 25 heavy (non-hydrogen) atoms. The molecule has 0 aromatic heterocycles. The fraction of sp³-hybridized carbons (Fsp3) is 0.529. The number of aryl methyl sites for hydroxylation is 2. The number of hydrogen-bond acceptors (Lipinski definition) is 4. The number of carbonyl (C=O) groups is 2. The van der Waals surface area contributed by atoms with Crippen LogP contribution in [0.25, 0.3) is 0 Å². The van der Waals surface area contributed by atoms with Gasteiger partial charge in [0.25, 0.3) is 11.3 Å². The first-order chi connectivity index (χ1) is 12.0. The van der Waals surface area contributed by atoms with Crippen LogP contribution in [0.3, 0.4) is 0 Å². The number of esters is 1. The highest BCUT2D eigenvalue weighted by molar-refractivity contribution is 7.80. The molecule has 0 aliphatic carbocycles. The lowest BCUT2D eigenvalue weighted by atomic mass is 9.96. The van der Waals surface area contributed by atoms with Crippen LogP contribution in [0.15, 0.2) is 12.1 Å². The third-order valence-electron chi connectivity index (χ3n) is 4.23. The number of rotatable bonds is 9. The molecule has 1 atom stereocenters. The van der Waals surface area contributed by atoms with E-state index in [1.807, 2.05) is 12.1 Å². The van der Waals surface area contributed by atoms with Crippen molar-refractivity contribution in [3.63, 3.8) is 0 Å². The highest BCUT2D eigenvalue weighted by atomic mass is 32.2. The van der Waals surface area contributed by atoms with Gasteiger partial charge in [0, 0.05) is 18.5 Å². The molecule has 1 unspecified atom stereocenters. The third kappa shape index (κ3) is 6.13. The van der Waals surface area contributed by atoms with Crippen LogP contribution in [0.2, 0.25) is 0 Å². The van der Waals surface area contributed by atoms with Crippen LogP contribution in [0.5, 0.6) is 0 Å². The SMILES string of the molecule is COC(=O)CCCCCCc1cc2c(cc1NS(=O)O)CCC(=O)N2. The van der Waals surface area contributed by atoms with E-state index in [9.17, 15) is 13.8 Å². The van der Waals surface area contributed by atoms with E-state index in [0.717, 1.165) is 48.9 Å². The Bertz CT molecular complexity index is 663. The predicted molar refractivity (Wildman–Crippen MR) is 96.6 cm³/mol. The molecule has 8 heteroatoms. The summed E-state index contributed by atoms with van der Waals surface area (Å²) in [5.41, 5.74) is 3.28. The molecule has 0 spiro atoms. The molecule has 0 fully saturated rings. The maximum Gasteiger partial charge on any atom is 0.305 e. The van der Waals surface area contributed by atoms with E-state index < -0.39 is 11.3 Å². The van der Waals surface area contributed by atoms with Crippen molar-refractivity contribution in [2.45, 2.75) is 51.4 Å². The summed E-state index contributed by atoms with van der Waals surface area (Å²) in [6.07, 6.45) is 5.75. The van der Waals surface area contributed by atoms with E-state index in [4.69, 9.17) is 4.55 Å². The molecule has 1 aromatic rings. The second-order valence-corrected chi connectivity index (χ2v) is 6.76. The Morgan fingerprint density at radius 1 is 1.28 bits per heavy atom. The molecular formula is C17H24N2O5S. The molecule has 1 aromatic carbocycles. The van der Waals surface area contributed by atoms with E-state index in [1.54, 1.807) is 0 Å². The van der Waals surface area contributed by atoms with Crippen LogP contribution in [-0.2, 0) is 38.4 Å².